The SMILES string of the molecule is COCCN1C(N)=NCC1(C)c1ccc(C(C)(C)C)cc1. The summed E-state index contributed by atoms with van der Waals surface area (Å²) in [5, 5.41) is 0. The molecule has 0 bridgehead atoms. The maximum Gasteiger partial charge on any atom is 0.192 e. The molecule has 0 saturated carbocycles. The van der Waals surface area contributed by atoms with Crippen molar-refractivity contribution in [2.75, 3.05) is 26.8 Å². The Balaban J connectivity index is 2.27. The van der Waals surface area contributed by atoms with Gasteiger partial charge in [-0.15, -0.1) is 0 Å². The summed E-state index contributed by atoms with van der Waals surface area (Å²) in [6, 6.07) is 8.83. The van der Waals surface area contributed by atoms with E-state index in [4.69, 9.17) is 10.5 Å². The van der Waals surface area contributed by atoms with Crippen molar-refractivity contribution in [2.45, 2.75) is 38.6 Å². The van der Waals surface area contributed by atoms with Crippen LogP contribution in [0, 0.1) is 0 Å². The van der Waals surface area contributed by atoms with Gasteiger partial charge in [0.1, 0.15) is 0 Å². The van der Waals surface area contributed by atoms with E-state index in [1.165, 1.54) is 11.1 Å². The number of ether oxygens (including phenoxy) is 1. The fourth-order valence-corrected chi connectivity index (χ4v) is 2.78. The lowest BCUT2D eigenvalue weighted by molar-refractivity contribution is 0.137. The van der Waals surface area contributed by atoms with Gasteiger partial charge in [-0.25, -0.2) is 0 Å². The molecule has 21 heavy (non-hydrogen) atoms. The summed E-state index contributed by atoms with van der Waals surface area (Å²) in [5.41, 5.74) is 8.62. The predicted molar refractivity (Wildman–Crippen MR) is 87.6 cm³/mol. The fourth-order valence-electron chi connectivity index (χ4n) is 2.78. The van der Waals surface area contributed by atoms with Crippen LogP contribution >= 0.6 is 0 Å². The second-order valence-electron chi connectivity index (χ2n) is 6.92. The number of nitrogens with two attached hydrogens (primary N) is 1. The van der Waals surface area contributed by atoms with E-state index in [9.17, 15) is 0 Å². The van der Waals surface area contributed by atoms with E-state index in [2.05, 4.69) is 61.9 Å². The summed E-state index contributed by atoms with van der Waals surface area (Å²) in [4.78, 5) is 6.58. The first-order valence-corrected chi connectivity index (χ1v) is 7.46. The summed E-state index contributed by atoms with van der Waals surface area (Å²) in [7, 11) is 1.71. The van der Waals surface area contributed by atoms with Crippen LogP contribution in [0.3, 0.4) is 0 Å². The van der Waals surface area contributed by atoms with Crippen molar-refractivity contribution in [2.24, 2.45) is 10.7 Å². The van der Waals surface area contributed by atoms with Crippen molar-refractivity contribution in [1.82, 2.24) is 4.90 Å². The van der Waals surface area contributed by atoms with Crippen LogP contribution in [0.4, 0.5) is 0 Å². The molecule has 0 aliphatic carbocycles. The molecule has 1 heterocycles. The van der Waals surface area contributed by atoms with Crippen LogP contribution in [0.1, 0.15) is 38.8 Å². The first kappa shape index (κ1) is 15.8. The van der Waals surface area contributed by atoms with Crippen molar-refractivity contribution in [3.05, 3.63) is 35.4 Å². The average Bonchev–Trinajstić information content (AvgIpc) is 2.73. The van der Waals surface area contributed by atoms with Crippen LogP contribution < -0.4 is 5.73 Å². The molecule has 1 aromatic rings. The Morgan fingerprint density at radius 2 is 1.90 bits per heavy atom. The molecule has 2 rings (SSSR count). The first-order chi connectivity index (χ1) is 9.79. The van der Waals surface area contributed by atoms with Gasteiger partial charge in [0.25, 0.3) is 0 Å². The van der Waals surface area contributed by atoms with E-state index >= 15 is 0 Å². The van der Waals surface area contributed by atoms with Gasteiger partial charge in [0.15, 0.2) is 5.96 Å². The highest BCUT2D eigenvalue weighted by Gasteiger charge is 2.39. The molecule has 1 atom stereocenters. The van der Waals surface area contributed by atoms with Crippen molar-refractivity contribution in [1.29, 1.82) is 0 Å². The lowest BCUT2D eigenvalue weighted by Gasteiger charge is -2.37. The number of guanidine groups is 1. The highest BCUT2D eigenvalue weighted by Crippen LogP contribution is 2.33. The van der Waals surface area contributed by atoms with E-state index in [1.807, 2.05) is 0 Å². The third-order valence-corrected chi connectivity index (χ3v) is 4.31. The van der Waals surface area contributed by atoms with Crippen molar-refractivity contribution < 1.29 is 4.74 Å². The van der Waals surface area contributed by atoms with E-state index in [0.717, 1.165) is 6.54 Å². The molecule has 1 unspecified atom stereocenters. The van der Waals surface area contributed by atoms with Crippen LogP contribution in [-0.4, -0.2) is 37.7 Å². The van der Waals surface area contributed by atoms with Gasteiger partial charge in [-0.3, -0.25) is 4.99 Å². The molecule has 4 nitrogen and oxygen atoms in total. The first-order valence-electron chi connectivity index (χ1n) is 7.46. The molecule has 116 valence electrons. The van der Waals surface area contributed by atoms with Gasteiger partial charge in [0.05, 0.1) is 18.7 Å². The second kappa shape index (κ2) is 5.68. The normalized spacial score (nSPS) is 22.5. The highest BCUT2D eigenvalue weighted by molar-refractivity contribution is 5.81. The molecule has 4 heteroatoms. The van der Waals surface area contributed by atoms with Gasteiger partial charge in [0.2, 0.25) is 0 Å². The van der Waals surface area contributed by atoms with Crippen molar-refractivity contribution in [3.8, 4) is 0 Å². The minimum atomic E-state index is -0.182. The molecule has 1 aliphatic heterocycles. The molecule has 0 saturated heterocycles. The number of methoxy groups -OCH3 is 1. The topological polar surface area (TPSA) is 50.9 Å². The summed E-state index contributed by atoms with van der Waals surface area (Å²) in [6.07, 6.45) is 0. The fraction of sp³-hybridized carbons (Fsp3) is 0.588. The maximum atomic E-state index is 6.05. The van der Waals surface area contributed by atoms with Crippen molar-refractivity contribution in [3.63, 3.8) is 0 Å². The standard InChI is InChI=1S/C17H27N3O/c1-16(2,3)13-6-8-14(9-7-13)17(4)12-19-15(18)20(17)10-11-21-5/h6-9H,10-12H2,1-5H3,(H2,18,19). The molecule has 0 amide bonds. The molecule has 0 radical (unpaired) electrons. The zero-order valence-electron chi connectivity index (χ0n) is 13.8. The number of hydrogen-bond acceptors (Lipinski definition) is 4. The minimum absolute atomic E-state index is 0.167. The van der Waals surface area contributed by atoms with Gasteiger partial charge in [0, 0.05) is 13.7 Å². The molecule has 0 spiro atoms. The zero-order valence-corrected chi connectivity index (χ0v) is 13.8. The summed E-state index contributed by atoms with van der Waals surface area (Å²) in [5.74, 6) is 0.606. The summed E-state index contributed by atoms with van der Waals surface area (Å²) < 4.78 is 5.19. The Hall–Kier alpha value is -1.55. The smallest absolute Gasteiger partial charge is 0.192 e. The molecule has 1 aliphatic rings. The van der Waals surface area contributed by atoms with E-state index in [-0.39, 0.29) is 11.0 Å². The molecule has 0 aromatic heterocycles. The Bertz CT molecular complexity index is 516. The average molecular weight is 289 g/mol. The molecule has 1 aromatic carbocycles. The van der Waals surface area contributed by atoms with Crippen molar-refractivity contribution >= 4 is 5.96 Å². The Morgan fingerprint density at radius 3 is 2.43 bits per heavy atom. The number of hydrogen-bond donors (Lipinski definition) is 1. The number of nitrogens with zero attached hydrogens (tertiary/aromatic N) is 2. The van der Waals surface area contributed by atoms with Gasteiger partial charge in [-0.1, -0.05) is 45.0 Å². The number of benzene rings is 1. The lowest BCUT2D eigenvalue weighted by Crippen LogP contribution is -2.48. The Labute approximate surface area is 128 Å². The predicted octanol–water partition coefficient (Wildman–Crippen LogP) is 2.48. The molecule has 2 N–H and O–H groups in total. The van der Waals surface area contributed by atoms with Gasteiger partial charge in [-0.2, -0.15) is 0 Å². The molecular formula is C17H27N3O. The lowest BCUT2D eigenvalue weighted by atomic mass is 9.84. The van der Waals surface area contributed by atoms with E-state index < -0.39 is 0 Å². The summed E-state index contributed by atoms with van der Waals surface area (Å²) in [6.45, 7) is 11.0. The van der Waals surface area contributed by atoms with Gasteiger partial charge >= 0.3 is 0 Å². The largest absolute Gasteiger partial charge is 0.383 e. The van der Waals surface area contributed by atoms with E-state index in [0.29, 0.717) is 19.1 Å². The minimum Gasteiger partial charge on any atom is -0.383 e. The second-order valence-corrected chi connectivity index (χ2v) is 6.92. The van der Waals surface area contributed by atoms with Crippen LogP contribution in [0.15, 0.2) is 29.3 Å². The van der Waals surface area contributed by atoms with Crippen LogP contribution in [-0.2, 0) is 15.7 Å². The third-order valence-electron chi connectivity index (χ3n) is 4.31. The van der Waals surface area contributed by atoms with Crippen LogP contribution in [0.2, 0.25) is 0 Å². The molecular weight excluding hydrogens is 262 g/mol. The number of rotatable bonds is 4. The van der Waals surface area contributed by atoms with E-state index in [1.54, 1.807) is 7.11 Å². The van der Waals surface area contributed by atoms with Gasteiger partial charge in [-0.05, 0) is 23.5 Å². The van der Waals surface area contributed by atoms with Crippen LogP contribution in [0.25, 0.3) is 0 Å². The number of aliphatic imine (C=N–C) groups is 1. The summed E-state index contributed by atoms with van der Waals surface area (Å²) >= 11 is 0. The third kappa shape index (κ3) is 3.05. The Morgan fingerprint density at radius 1 is 1.29 bits per heavy atom. The monoisotopic (exact) mass is 289 g/mol. The molecule has 0 fully saturated rings. The van der Waals surface area contributed by atoms with Gasteiger partial charge < -0.3 is 15.4 Å². The maximum absolute atomic E-state index is 6.05. The zero-order chi connectivity index (χ0) is 15.7. The van der Waals surface area contributed by atoms with Crippen LogP contribution in [0.5, 0.6) is 0 Å². The Kier molecular flexibility index (Phi) is 4.28. The highest BCUT2D eigenvalue weighted by atomic mass is 16.5. The quantitative estimate of drug-likeness (QED) is 0.926.